The summed E-state index contributed by atoms with van der Waals surface area (Å²) in [7, 11) is -3.55. The molecule has 0 aliphatic heterocycles. The monoisotopic (exact) mass is 357 g/mol. The molecular formula is C15H13Cl2NO3S. The first-order valence-corrected chi connectivity index (χ1v) is 8.81. The van der Waals surface area contributed by atoms with Crippen molar-refractivity contribution < 1.29 is 13.2 Å². The van der Waals surface area contributed by atoms with E-state index in [4.69, 9.17) is 23.2 Å². The van der Waals surface area contributed by atoms with Gasteiger partial charge in [-0.15, -0.1) is 0 Å². The molecule has 0 heterocycles. The second kappa shape index (κ2) is 7.13. The van der Waals surface area contributed by atoms with Crippen LogP contribution in [0.2, 0.25) is 10.0 Å². The molecule has 0 spiro atoms. The summed E-state index contributed by atoms with van der Waals surface area (Å²) in [5.74, 6) is -0.687. The van der Waals surface area contributed by atoms with Gasteiger partial charge in [0.25, 0.3) is 0 Å². The van der Waals surface area contributed by atoms with E-state index in [1.807, 2.05) is 0 Å². The first-order chi connectivity index (χ1) is 10.4. The lowest BCUT2D eigenvalue weighted by Crippen LogP contribution is -2.17. The van der Waals surface area contributed by atoms with Crippen LogP contribution in [0, 0.1) is 0 Å². The predicted molar refractivity (Wildman–Crippen MR) is 88.2 cm³/mol. The molecule has 0 aromatic heterocycles. The van der Waals surface area contributed by atoms with E-state index < -0.39 is 15.7 Å². The molecule has 1 N–H and O–H groups in total. The van der Waals surface area contributed by atoms with Gasteiger partial charge >= 0.3 is 0 Å². The topological polar surface area (TPSA) is 63.2 Å². The Kier molecular flexibility index (Phi) is 5.45. The van der Waals surface area contributed by atoms with E-state index in [-0.39, 0.29) is 17.1 Å². The fraction of sp³-hybridized carbons (Fsp3) is 0.133. The van der Waals surface area contributed by atoms with Crippen molar-refractivity contribution in [1.82, 2.24) is 0 Å². The summed E-state index contributed by atoms with van der Waals surface area (Å²) in [5, 5.41) is 3.43. The van der Waals surface area contributed by atoms with Crippen molar-refractivity contribution in [3.8, 4) is 0 Å². The number of hydrogen-bond donors (Lipinski definition) is 1. The van der Waals surface area contributed by atoms with Crippen molar-refractivity contribution >= 4 is 44.6 Å². The maximum atomic E-state index is 12.1. The summed E-state index contributed by atoms with van der Waals surface area (Å²) >= 11 is 11.6. The minimum atomic E-state index is -3.55. The molecule has 2 rings (SSSR count). The molecule has 2 aromatic rings. The molecule has 0 aliphatic carbocycles. The Labute approximate surface area is 139 Å². The molecule has 0 fully saturated rings. The van der Waals surface area contributed by atoms with Gasteiger partial charge in [-0.1, -0.05) is 35.3 Å². The number of halogens is 2. The molecule has 0 saturated heterocycles. The number of benzene rings is 2. The van der Waals surface area contributed by atoms with Crippen molar-refractivity contribution in [1.29, 1.82) is 0 Å². The van der Waals surface area contributed by atoms with Gasteiger partial charge in [0.2, 0.25) is 5.91 Å². The highest BCUT2D eigenvalue weighted by molar-refractivity contribution is 7.91. The molecule has 116 valence electrons. The number of rotatable bonds is 5. The van der Waals surface area contributed by atoms with Crippen LogP contribution in [0.15, 0.2) is 53.4 Å². The smallest absolute Gasteiger partial charge is 0.225 e. The average molecular weight is 358 g/mol. The van der Waals surface area contributed by atoms with Crippen LogP contribution in [-0.2, 0) is 14.6 Å². The van der Waals surface area contributed by atoms with E-state index in [1.54, 1.807) is 36.4 Å². The largest absolute Gasteiger partial charge is 0.326 e. The first kappa shape index (κ1) is 16.8. The maximum absolute atomic E-state index is 12.1. The Morgan fingerprint density at radius 2 is 1.64 bits per heavy atom. The molecule has 7 heteroatoms. The van der Waals surface area contributed by atoms with Gasteiger partial charge in [-0.05, 0) is 36.4 Å². The van der Waals surface area contributed by atoms with Gasteiger partial charge in [0, 0.05) is 22.2 Å². The van der Waals surface area contributed by atoms with Crippen molar-refractivity contribution in [3.63, 3.8) is 0 Å². The van der Waals surface area contributed by atoms with E-state index in [9.17, 15) is 13.2 Å². The molecule has 0 saturated carbocycles. The van der Waals surface area contributed by atoms with E-state index in [0.29, 0.717) is 15.7 Å². The van der Waals surface area contributed by atoms with Crippen molar-refractivity contribution in [2.24, 2.45) is 0 Å². The van der Waals surface area contributed by atoms with Crippen molar-refractivity contribution in [2.75, 3.05) is 11.1 Å². The number of hydrogen-bond acceptors (Lipinski definition) is 3. The third kappa shape index (κ3) is 4.73. The maximum Gasteiger partial charge on any atom is 0.225 e. The van der Waals surface area contributed by atoms with Crippen molar-refractivity contribution in [3.05, 3.63) is 58.6 Å². The second-order valence-corrected chi connectivity index (χ2v) is 7.57. The minimum Gasteiger partial charge on any atom is -0.326 e. The summed E-state index contributed by atoms with van der Waals surface area (Å²) in [6, 6.07) is 12.6. The number of carbonyl (C=O) groups is 1. The highest BCUT2D eigenvalue weighted by atomic mass is 35.5. The van der Waals surface area contributed by atoms with E-state index >= 15 is 0 Å². The van der Waals surface area contributed by atoms with Crippen LogP contribution in [-0.4, -0.2) is 20.1 Å². The summed E-state index contributed by atoms with van der Waals surface area (Å²) < 4.78 is 24.3. The van der Waals surface area contributed by atoms with Crippen LogP contribution in [0.25, 0.3) is 0 Å². The SMILES string of the molecule is O=C(CCS(=O)(=O)c1cccc(Cl)c1)Nc1cccc(Cl)c1. The number of anilines is 1. The molecule has 0 bridgehead atoms. The van der Waals surface area contributed by atoms with E-state index in [0.717, 1.165) is 0 Å². The van der Waals surface area contributed by atoms with Crippen LogP contribution in [0.3, 0.4) is 0 Å². The molecule has 0 atom stereocenters. The second-order valence-electron chi connectivity index (χ2n) is 4.58. The Bertz CT molecular complexity index is 791. The van der Waals surface area contributed by atoms with Crippen LogP contribution < -0.4 is 5.32 Å². The number of amides is 1. The van der Waals surface area contributed by atoms with Crippen LogP contribution in [0.5, 0.6) is 0 Å². The lowest BCUT2D eigenvalue weighted by Gasteiger charge is -2.07. The zero-order valence-corrected chi connectivity index (χ0v) is 13.8. The third-order valence-corrected chi connectivity index (χ3v) is 5.05. The molecule has 0 unspecified atom stereocenters. The highest BCUT2D eigenvalue weighted by Crippen LogP contribution is 2.18. The van der Waals surface area contributed by atoms with E-state index in [2.05, 4.69) is 5.32 Å². The van der Waals surface area contributed by atoms with Gasteiger partial charge in [-0.25, -0.2) is 8.42 Å². The zero-order valence-electron chi connectivity index (χ0n) is 11.4. The molecule has 0 aliphatic rings. The summed E-state index contributed by atoms with van der Waals surface area (Å²) in [5.41, 5.74) is 0.526. The van der Waals surface area contributed by atoms with Gasteiger partial charge in [0.05, 0.1) is 10.6 Å². The fourth-order valence-electron chi connectivity index (χ4n) is 1.80. The Balaban J connectivity index is 1.98. The normalized spacial score (nSPS) is 11.2. The Morgan fingerprint density at radius 1 is 1.00 bits per heavy atom. The van der Waals surface area contributed by atoms with Gasteiger partial charge in [-0.2, -0.15) is 0 Å². The third-order valence-electron chi connectivity index (χ3n) is 2.86. The van der Waals surface area contributed by atoms with Gasteiger partial charge in [-0.3, -0.25) is 4.79 Å². The van der Waals surface area contributed by atoms with Crippen molar-refractivity contribution in [2.45, 2.75) is 11.3 Å². The fourth-order valence-corrected chi connectivity index (χ4v) is 3.52. The standard InChI is InChI=1S/C15H13Cl2NO3S/c16-11-3-1-5-13(9-11)18-15(19)7-8-22(20,21)14-6-2-4-12(17)10-14/h1-6,9-10H,7-8H2,(H,18,19). The number of sulfone groups is 1. The number of nitrogens with one attached hydrogen (secondary N) is 1. The van der Waals surface area contributed by atoms with Gasteiger partial charge in [0.1, 0.15) is 0 Å². The Hall–Kier alpha value is -1.56. The minimum absolute atomic E-state index is 0.107. The summed E-state index contributed by atoms with van der Waals surface area (Å²) in [6.07, 6.45) is -0.151. The quantitative estimate of drug-likeness (QED) is 0.884. The van der Waals surface area contributed by atoms with Crippen LogP contribution in [0.4, 0.5) is 5.69 Å². The summed E-state index contributed by atoms with van der Waals surface area (Å²) in [6.45, 7) is 0. The molecule has 0 radical (unpaired) electrons. The molecule has 22 heavy (non-hydrogen) atoms. The van der Waals surface area contributed by atoms with Gasteiger partial charge in [0.15, 0.2) is 9.84 Å². The molecule has 2 aromatic carbocycles. The average Bonchev–Trinajstić information content (AvgIpc) is 2.45. The molecule has 1 amide bonds. The molecular weight excluding hydrogens is 345 g/mol. The van der Waals surface area contributed by atoms with Crippen LogP contribution in [0.1, 0.15) is 6.42 Å². The number of carbonyl (C=O) groups excluding carboxylic acids is 1. The predicted octanol–water partition coefficient (Wildman–Crippen LogP) is 3.80. The summed E-state index contributed by atoms with van der Waals surface area (Å²) in [4.78, 5) is 11.9. The van der Waals surface area contributed by atoms with Crippen LogP contribution >= 0.6 is 23.2 Å². The molecule has 4 nitrogen and oxygen atoms in total. The Morgan fingerprint density at radius 3 is 2.27 bits per heavy atom. The highest BCUT2D eigenvalue weighted by Gasteiger charge is 2.16. The lowest BCUT2D eigenvalue weighted by atomic mass is 10.3. The van der Waals surface area contributed by atoms with E-state index in [1.165, 1.54) is 12.1 Å². The zero-order chi connectivity index (χ0) is 16.2. The lowest BCUT2D eigenvalue weighted by molar-refractivity contribution is -0.115. The van der Waals surface area contributed by atoms with Gasteiger partial charge < -0.3 is 5.32 Å². The first-order valence-electron chi connectivity index (χ1n) is 6.40.